The normalized spacial score (nSPS) is 35.5. The Morgan fingerprint density at radius 3 is 2.65 bits per heavy atom. The maximum absolute atomic E-state index is 13.2. The van der Waals surface area contributed by atoms with Crippen LogP contribution >= 0.6 is 45.2 Å². The largest absolute Gasteiger partial charge is 0.472 e. The van der Waals surface area contributed by atoms with Gasteiger partial charge in [-0.1, -0.05) is 20.1 Å². The van der Waals surface area contributed by atoms with Crippen molar-refractivity contribution < 1.29 is 69.1 Å². The third-order valence-corrected chi connectivity index (χ3v) is 16.2. The van der Waals surface area contributed by atoms with Crippen LogP contribution in [0, 0.1) is 31.1 Å². The Kier molecular flexibility index (Phi) is 10.4. The minimum atomic E-state index is -4.82. The molecule has 0 amide bonds. The molecule has 0 radical (unpaired) electrons. The fraction of sp³-hybridized carbons (Fsp3) is 0.524. The van der Waals surface area contributed by atoms with Crippen LogP contribution in [0.5, 0.6) is 0 Å². The minimum absolute atomic E-state index is 0. The number of nitrogens with zero attached hydrogens (tertiary/aromatic N) is 7. The van der Waals surface area contributed by atoms with Crippen molar-refractivity contribution in [3.63, 3.8) is 0 Å². The number of nitrogens with two attached hydrogens (primary N) is 2. The van der Waals surface area contributed by atoms with Gasteiger partial charge in [-0.2, -0.15) is 9.97 Å². The fourth-order valence-corrected chi connectivity index (χ4v) is 12.7. The molecule has 0 spiro atoms. The number of thioether (sulfide) groups is 1. The van der Waals surface area contributed by atoms with E-state index in [0.717, 1.165) is 0 Å². The monoisotopic (exact) mass is 1040 g/mol. The predicted molar refractivity (Wildman–Crippen MR) is 170 cm³/mol. The van der Waals surface area contributed by atoms with E-state index < -0.39 is 93.0 Å². The maximum atomic E-state index is 13.2. The molecule has 4 aromatic rings. The number of ether oxygens (including phenoxy) is 1. The molecule has 20 nitrogen and oxygen atoms in total. The summed E-state index contributed by atoms with van der Waals surface area (Å²) in [6.07, 6.45) is -2.86. The zero-order valence-corrected chi connectivity index (χ0v) is 32.6. The van der Waals surface area contributed by atoms with Crippen molar-refractivity contribution in [2.75, 3.05) is 29.5 Å². The van der Waals surface area contributed by atoms with Crippen LogP contribution in [0.3, 0.4) is 0 Å². The van der Waals surface area contributed by atoms with Crippen LogP contribution in [0.2, 0.25) is 0 Å². The topological polar surface area (TPSA) is 286 Å². The molecule has 3 fully saturated rings. The number of aliphatic hydroxyl groups excluding tert-OH is 2. The number of aromatic amines is 1. The number of phosphoric ester groups is 1. The molecule has 2 bridgehead atoms. The number of hydrogen-bond donors (Lipinski definition) is 7. The average molecular weight is 1040 g/mol. The van der Waals surface area contributed by atoms with Crippen molar-refractivity contribution in [2.24, 2.45) is 0 Å². The third-order valence-electron chi connectivity index (χ3n) is 7.51. The molecule has 0 aromatic carbocycles. The van der Waals surface area contributed by atoms with Crippen molar-refractivity contribution in [2.45, 2.75) is 47.4 Å². The molecule has 46 heavy (non-hydrogen) atoms. The number of hydrogen-bond acceptors (Lipinski definition) is 17. The second-order valence-corrected chi connectivity index (χ2v) is 20.7. The number of fused-ring (bicyclic) bond motifs is 5. The van der Waals surface area contributed by atoms with Gasteiger partial charge in [0.2, 0.25) is 5.95 Å². The number of phosphoric acid groups is 1. The van der Waals surface area contributed by atoms with Crippen molar-refractivity contribution in [1.82, 2.24) is 44.1 Å². The first kappa shape index (κ1) is 34.8. The summed E-state index contributed by atoms with van der Waals surface area (Å²) in [5.41, 5.74) is 10.5. The number of H-pyrrole nitrogens is 1. The van der Waals surface area contributed by atoms with E-state index in [-0.39, 0.29) is 60.6 Å². The molecule has 3 saturated heterocycles. The number of nitrogens with one attached hydrogen (secondary N) is 2. The molecule has 0 aliphatic carbocycles. The molecule has 248 valence electrons. The van der Waals surface area contributed by atoms with E-state index in [1.54, 1.807) is 4.57 Å². The summed E-state index contributed by atoms with van der Waals surface area (Å²) < 4.78 is 39.9. The number of imidazole rings is 2. The van der Waals surface area contributed by atoms with Gasteiger partial charge in [0, 0.05) is 37.7 Å². The van der Waals surface area contributed by atoms with Gasteiger partial charge in [-0.15, -0.1) is 11.8 Å². The Labute approximate surface area is 296 Å². The van der Waals surface area contributed by atoms with E-state index in [1.807, 2.05) is 4.93 Å². The minimum Gasteiger partial charge on any atom is -0.389 e. The van der Waals surface area contributed by atoms with Gasteiger partial charge in [-0.25, -0.2) is 19.5 Å². The van der Waals surface area contributed by atoms with Gasteiger partial charge in [0.1, 0.15) is 35.3 Å². The number of nitrogen functional groups attached to an aromatic ring is 2. The molecule has 7 rings (SSSR count). The number of alkyl halides is 1. The van der Waals surface area contributed by atoms with Crippen molar-refractivity contribution in [3.05, 3.63) is 29.3 Å². The van der Waals surface area contributed by atoms with Gasteiger partial charge >= 0.3 is 7.82 Å². The Bertz CT molecular complexity index is 1920. The van der Waals surface area contributed by atoms with E-state index in [2.05, 4.69) is 35.0 Å². The standard InChI is InChI=1S/C21H28IN11O9P2S.U/c1-22-43-29-2-7-13(12(35)19(40-7)32-5-28-10-16(32)25-4-26-18(10)36)42-44(37,38)39-3-8-11(34)14(41-43)20(45-8)33-6-27-9-15(23)30-21(24)31-17(9)33;/h4-8,11-14,19-20,29,34-35,43H,2-3H2,1H3,(H,37,38)(H,25,26,36)(H4,23,24,30,31);/t7-,8-,11-,12-,13-,14-,19-,20-;/m1./s1. The Morgan fingerprint density at radius 2 is 1.87 bits per heavy atom. The molecule has 9 N–H and O–H groups in total. The van der Waals surface area contributed by atoms with Crippen LogP contribution in [0.1, 0.15) is 11.6 Å². The van der Waals surface area contributed by atoms with Crippen molar-refractivity contribution >= 4 is 79.3 Å². The maximum Gasteiger partial charge on any atom is 0.472 e. The second-order valence-electron chi connectivity index (χ2n) is 10.2. The number of halogens is 1. The van der Waals surface area contributed by atoms with Crippen LogP contribution in [0.4, 0.5) is 11.8 Å². The zero-order chi connectivity index (χ0) is 31.6. The van der Waals surface area contributed by atoms with Crippen molar-refractivity contribution in [1.29, 1.82) is 0 Å². The summed E-state index contributed by atoms with van der Waals surface area (Å²) in [5.74, 6) is 0.0493. The summed E-state index contributed by atoms with van der Waals surface area (Å²) in [4.78, 5) is 48.2. The summed E-state index contributed by atoms with van der Waals surface area (Å²) in [5, 5.41) is 24.7. The number of aliphatic hydroxyl groups is 2. The van der Waals surface area contributed by atoms with Gasteiger partial charge < -0.3 is 40.8 Å². The summed E-state index contributed by atoms with van der Waals surface area (Å²) >= 11 is 0.675. The average Bonchev–Trinajstić information content (AvgIpc) is 3.75. The fourth-order valence-electron chi connectivity index (χ4n) is 5.45. The van der Waals surface area contributed by atoms with E-state index in [9.17, 15) is 24.5 Å². The Morgan fingerprint density at radius 1 is 1.11 bits per heavy atom. The van der Waals surface area contributed by atoms with E-state index >= 15 is 0 Å². The molecule has 3 aliphatic rings. The Hall–Kier alpha value is -1.03. The third kappa shape index (κ3) is 6.37. The molecule has 2 unspecified atom stereocenters. The Balaban J connectivity index is 0.00000372. The van der Waals surface area contributed by atoms with E-state index in [1.165, 1.54) is 35.3 Å². The van der Waals surface area contributed by atoms with Gasteiger partial charge in [0.15, 0.2) is 28.9 Å². The van der Waals surface area contributed by atoms with Gasteiger partial charge in [-0.3, -0.25) is 28.1 Å². The molecule has 0 saturated carbocycles. The van der Waals surface area contributed by atoms with Gasteiger partial charge in [0.05, 0.1) is 42.4 Å². The molecule has 4 aromatic heterocycles. The molecular formula is C21H28IN11O9P2SU. The smallest absolute Gasteiger partial charge is 0.389 e. The van der Waals surface area contributed by atoms with Crippen LogP contribution in [-0.4, -0.2) is 108 Å². The number of aromatic nitrogens is 8. The summed E-state index contributed by atoms with van der Waals surface area (Å²) in [6.45, 7) is -0.339. The second kappa shape index (κ2) is 13.7. The summed E-state index contributed by atoms with van der Waals surface area (Å²) in [6, 6.07) is 0. The van der Waals surface area contributed by atoms with Crippen LogP contribution in [0.25, 0.3) is 22.3 Å². The van der Waals surface area contributed by atoms with Crippen LogP contribution in [0.15, 0.2) is 23.8 Å². The van der Waals surface area contributed by atoms with Gasteiger partial charge in [-0.05, 0) is 4.93 Å². The first-order valence-corrected chi connectivity index (χ1v) is 22.4. The SMILES string of the molecule is CI=[PH]1NC[C@H]2O[C@@H](n3cnc4c(=O)[nH]cnc43)[C@H](O)[C@@H]2OP(=O)(O)OC[C@H]2S[C@@H](n3cnc4c(N)nc(N)nc43)[C@H](O1)[C@@H]2O.[U]. The quantitative estimate of drug-likeness (QED) is 0.0750. The first-order chi connectivity index (χ1) is 21.5. The van der Waals surface area contributed by atoms with Crippen LogP contribution < -0.4 is 22.1 Å². The van der Waals surface area contributed by atoms with Crippen molar-refractivity contribution in [3.8, 4) is 0 Å². The van der Waals surface area contributed by atoms with Gasteiger partial charge in [0.25, 0.3) is 5.56 Å². The first-order valence-electron chi connectivity index (χ1n) is 13.3. The molecule has 7 heterocycles. The summed E-state index contributed by atoms with van der Waals surface area (Å²) in [7, 11) is -4.82. The molecule has 25 heteroatoms. The molecule has 10 atom stereocenters. The zero-order valence-electron chi connectivity index (χ0n) is 23.6. The van der Waals surface area contributed by atoms with E-state index in [4.69, 9.17) is 29.8 Å². The van der Waals surface area contributed by atoms with Crippen LogP contribution in [-0.2, 0) is 22.9 Å². The van der Waals surface area contributed by atoms with E-state index in [0.29, 0.717) is 11.2 Å². The number of rotatable bonds is 2. The number of anilines is 2. The predicted octanol–water partition coefficient (Wildman–Crippen LogP) is -0.593. The molecule has 3 aliphatic heterocycles. The molecular weight excluding hydrogens is 1010 g/mol.